The lowest BCUT2D eigenvalue weighted by Crippen LogP contribution is -2.50. The summed E-state index contributed by atoms with van der Waals surface area (Å²) < 4.78 is 0. The van der Waals surface area contributed by atoms with Crippen LogP contribution in [-0.4, -0.2) is 46.6 Å². The van der Waals surface area contributed by atoms with Gasteiger partial charge in [0.1, 0.15) is 0 Å². The van der Waals surface area contributed by atoms with Gasteiger partial charge < -0.3 is 10.4 Å². The molecule has 1 rings (SSSR count). The minimum atomic E-state index is -0.757. The van der Waals surface area contributed by atoms with E-state index in [0.29, 0.717) is 13.0 Å². The van der Waals surface area contributed by atoms with Crippen molar-refractivity contribution in [3.8, 4) is 0 Å². The van der Waals surface area contributed by atoms with Gasteiger partial charge in [-0.25, -0.2) is 0 Å². The minimum absolute atomic E-state index is 0.0408. The van der Waals surface area contributed by atoms with Crippen LogP contribution in [0.1, 0.15) is 59.3 Å². The molecular weight excluding hydrogens is 256 g/mol. The molecule has 1 aliphatic heterocycles. The van der Waals surface area contributed by atoms with Crippen molar-refractivity contribution in [2.24, 2.45) is 0 Å². The molecule has 116 valence electrons. The molecule has 0 spiro atoms. The maximum absolute atomic E-state index is 12.1. The molecular formula is C15H28N2O3. The highest BCUT2D eigenvalue weighted by Gasteiger charge is 2.26. The highest BCUT2D eigenvalue weighted by Crippen LogP contribution is 2.20. The second-order valence-electron chi connectivity index (χ2n) is 6.34. The standard InChI is InChI=1S/C15H28N2O3/c1-4-15(2,3)16-13(18)11-17-10-6-5-7-12(17)8-9-14(19)20/h12H,4-11H2,1-3H3,(H,16,18)(H,19,20). The highest BCUT2D eigenvalue weighted by atomic mass is 16.4. The summed E-state index contributed by atoms with van der Waals surface area (Å²) in [6.45, 7) is 7.36. The van der Waals surface area contributed by atoms with Crippen molar-refractivity contribution in [2.45, 2.75) is 70.9 Å². The number of carboxylic acids is 1. The van der Waals surface area contributed by atoms with Crippen LogP contribution in [0.2, 0.25) is 0 Å². The molecule has 1 heterocycles. The molecule has 5 nitrogen and oxygen atoms in total. The molecule has 1 unspecified atom stereocenters. The molecule has 0 aromatic heterocycles. The SMILES string of the molecule is CCC(C)(C)NC(=O)CN1CCCCC1CCC(=O)O. The Bertz CT molecular complexity index is 342. The van der Waals surface area contributed by atoms with Gasteiger partial charge in [0, 0.05) is 18.0 Å². The second kappa shape index (κ2) is 7.62. The van der Waals surface area contributed by atoms with E-state index in [4.69, 9.17) is 5.11 Å². The fourth-order valence-corrected chi connectivity index (χ4v) is 2.57. The predicted octanol–water partition coefficient (Wildman–Crippen LogP) is 2.01. The van der Waals surface area contributed by atoms with Gasteiger partial charge in [-0.15, -0.1) is 0 Å². The molecule has 1 atom stereocenters. The zero-order valence-corrected chi connectivity index (χ0v) is 12.9. The summed E-state index contributed by atoms with van der Waals surface area (Å²) in [7, 11) is 0. The first-order chi connectivity index (χ1) is 9.34. The van der Waals surface area contributed by atoms with E-state index < -0.39 is 5.97 Å². The van der Waals surface area contributed by atoms with Crippen molar-refractivity contribution in [2.75, 3.05) is 13.1 Å². The normalized spacial score (nSPS) is 20.6. The Morgan fingerprint density at radius 2 is 2.05 bits per heavy atom. The van der Waals surface area contributed by atoms with E-state index in [1.165, 1.54) is 0 Å². The molecule has 1 fully saturated rings. The molecule has 1 aliphatic rings. The zero-order chi connectivity index (χ0) is 15.2. The third-order valence-corrected chi connectivity index (χ3v) is 4.15. The highest BCUT2D eigenvalue weighted by molar-refractivity contribution is 5.78. The number of aliphatic carboxylic acids is 1. The van der Waals surface area contributed by atoms with Gasteiger partial charge in [0.25, 0.3) is 0 Å². The summed E-state index contributed by atoms with van der Waals surface area (Å²) in [5.74, 6) is -0.717. The van der Waals surface area contributed by atoms with E-state index in [1.807, 2.05) is 13.8 Å². The average molecular weight is 284 g/mol. The Morgan fingerprint density at radius 3 is 2.65 bits per heavy atom. The van der Waals surface area contributed by atoms with Gasteiger partial charge >= 0.3 is 5.97 Å². The van der Waals surface area contributed by atoms with E-state index >= 15 is 0 Å². The zero-order valence-electron chi connectivity index (χ0n) is 12.9. The first kappa shape index (κ1) is 17.0. The smallest absolute Gasteiger partial charge is 0.303 e. The third kappa shape index (κ3) is 5.90. The van der Waals surface area contributed by atoms with Crippen LogP contribution in [-0.2, 0) is 9.59 Å². The maximum Gasteiger partial charge on any atom is 0.303 e. The molecule has 2 N–H and O–H groups in total. The second-order valence-corrected chi connectivity index (χ2v) is 6.34. The molecule has 0 aromatic rings. The summed E-state index contributed by atoms with van der Waals surface area (Å²) in [6.07, 6.45) is 4.93. The number of likely N-dealkylation sites (tertiary alicyclic amines) is 1. The summed E-state index contributed by atoms with van der Waals surface area (Å²) >= 11 is 0. The van der Waals surface area contributed by atoms with E-state index in [2.05, 4.69) is 17.1 Å². The van der Waals surface area contributed by atoms with Gasteiger partial charge in [0.15, 0.2) is 0 Å². The number of piperidine rings is 1. The monoisotopic (exact) mass is 284 g/mol. The lowest BCUT2D eigenvalue weighted by atomic mass is 9.97. The van der Waals surface area contributed by atoms with E-state index in [1.54, 1.807) is 0 Å². The van der Waals surface area contributed by atoms with Crippen LogP contribution in [0, 0.1) is 0 Å². The number of carbonyl (C=O) groups excluding carboxylic acids is 1. The fraction of sp³-hybridized carbons (Fsp3) is 0.867. The Morgan fingerprint density at radius 1 is 1.35 bits per heavy atom. The van der Waals surface area contributed by atoms with Crippen LogP contribution >= 0.6 is 0 Å². The molecule has 0 aliphatic carbocycles. The number of amides is 1. The van der Waals surface area contributed by atoms with Crippen LogP contribution in [0.3, 0.4) is 0 Å². The predicted molar refractivity (Wildman–Crippen MR) is 78.6 cm³/mol. The number of carbonyl (C=O) groups is 2. The minimum Gasteiger partial charge on any atom is -0.481 e. The third-order valence-electron chi connectivity index (χ3n) is 4.15. The quantitative estimate of drug-likeness (QED) is 0.750. The van der Waals surface area contributed by atoms with Crippen molar-refractivity contribution in [1.29, 1.82) is 0 Å². The maximum atomic E-state index is 12.1. The van der Waals surface area contributed by atoms with Gasteiger partial charge in [0.2, 0.25) is 5.91 Å². The van der Waals surface area contributed by atoms with Gasteiger partial charge in [-0.3, -0.25) is 14.5 Å². The Kier molecular flexibility index (Phi) is 6.46. The van der Waals surface area contributed by atoms with Crippen molar-refractivity contribution >= 4 is 11.9 Å². The Balaban J connectivity index is 2.49. The van der Waals surface area contributed by atoms with Gasteiger partial charge in [-0.2, -0.15) is 0 Å². The van der Waals surface area contributed by atoms with Crippen LogP contribution in [0.5, 0.6) is 0 Å². The van der Waals surface area contributed by atoms with Crippen molar-refractivity contribution in [3.63, 3.8) is 0 Å². The van der Waals surface area contributed by atoms with Crippen LogP contribution in [0.25, 0.3) is 0 Å². The molecule has 0 aromatic carbocycles. The van der Waals surface area contributed by atoms with Crippen LogP contribution in [0.15, 0.2) is 0 Å². The molecule has 0 bridgehead atoms. The summed E-state index contributed by atoms with van der Waals surface area (Å²) in [5.41, 5.74) is -0.177. The summed E-state index contributed by atoms with van der Waals surface area (Å²) in [4.78, 5) is 24.9. The molecule has 0 radical (unpaired) electrons. The number of hydrogen-bond donors (Lipinski definition) is 2. The van der Waals surface area contributed by atoms with Gasteiger partial charge in [-0.1, -0.05) is 13.3 Å². The first-order valence-corrected chi connectivity index (χ1v) is 7.61. The van der Waals surface area contributed by atoms with Crippen molar-refractivity contribution in [1.82, 2.24) is 10.2 Å². The fourth-order valence-electron chi connectivity index (χ4n) is 2.57. The Labute approximate surface area is 121 Å². The van der Waals surface area contributed by atoms with Crippen LogP contribution in [0.4, 0.5) is 0 Å². The molecule has 1 amide bonds. The van der Waals surface area contributed by atoms with Gasteiger partial charge in [0.05, 0.1) is 6.54 Å². The van der Waals surface area contributed by atoms with Crippen LogP contribution < -0.4 is 5.32 Å². The van der Waals surface area contributed by atoms with E-state index in [9.17, 15) is 9.59 Å². The summed E-state index contributed by atoms with van der Waals surface area (Å²) in [6, 6.07) is 0.232. The van der Waals surface area contributed by atoms with Gasteiger partial charge in [-0.05, 0) is 46.1 Å². The molecule has 1 saturated heterocycles. The average Bonchev–Trinajstić information content (AvgIpc) is 2.37. The van der Waals surface area contributed by atoms with E-state index in [-0.39, 0.29) is 23.9 Å². The molecule has 5 heteroatoms. The Hall–Kier alpha value is -1.10. The lowest BCUT2D eigenvalue weighted by Gasteiger charge is -2.36. The number of hydrogen-bond acceptors (Lipinski definition) is 3. The molecule has 0 saturated carbocycles. The van der Waals surface area contributed by atoms with Crippen molar-refractivity contribution < 1.29 is 14.7 Å². The molecule has 20 heavy (non-hydrogen) atoms. The van der Waals surface area contributed by atoms with E-state index in [0.717, 1.165) is 32.2 Å². The number of carboxylic acid groups (broad SMARTS) is 1. The number of rotatable bonds is 7. The first-order valence-electron chi connectivity index (χ1n) is 7.61. The van der Waals surface area contributed by atoms with Crippen molar-refractivity contribution in [3.05, 3.63) is 0 Å². The number of nitrogens with one attached hydrogen (secondary N) is 1. The number of nitrogens with zero attached hydrogens (tertiary/aromatic N) is 1. The topological polar surface area (TPSA) is 69.6 Å². The summed E-state index contributed by atoms with van der Waals surface area (Å²) in [5, 5.41) is 11.8. The largest absolute Gasteiger partial charge is 0.481 e. The lowest BCUT2D eigenvalue weighted by molar-refractivity contribution is -0.137.